The van der Waals surface area contributed by atoms with E-state index in [0.717, 1.165) is 5.56 Å². The summed E-state index contributed by atoms with van der Waals surface area (Å²) < 4.78 is 16.1. The molecule has 0 radical (unpaired) electrons. The van der Waals surface area contributed by atoms with Crippen molar-refractivity contribution in [1.29, 1.82) is 0 Å². The molecule has 1 aliphatic heterocycles. The van der Waals surface area contributed by atoms with Crippen LogP contribution in [0.5, 0.6) is 0 Å². The van der Waals surface area contributed by atoms with Gasteiger partial charge in [-0.15, -0.1) is 0 Å². The number of rotatable bonds is 7. The maximum Gasteiger partial charge on any atom is 0.239 e. The highest BCUT2D eigenvalue weighted by Gasteiger charge is 2.22. The molecule has 1 saturated heterocycles. The van der Waals surface area contributed by atoms with Crippen LogP contribution in [0.4, 0.5) is 15.9 Å². The summed E-state index contributed by atoms with van der Waals surface area (Å²) in [4.78, 5) is 28.0. The average Bonchev–Trinajstić information content (AvgIpc) is 3.22. The first kappa shape index (κ1) is 22.9. The number of piperazine rings is 1. The summed E-state index contributed by atoms with van der Waals surface area (Å²) in [6, 6.07) is 13.8. The van der Waals surface area contributed by atoms with E-state index >= 15 is 0 Å². The SMILES string of the molecule is CC(=O)c1ccc(N2CCN(CC(=O)Nc3ccnn3Cc3ccccc3Cl)CC2)c(F)c1. The molecule has 0 unspecified atom stereocenters. The number of carbonyl (C=O) groups excluding carboxylic acids is 2. The molecule has 2 aromatic carbocycles. The van der Waals surface area contributed by atoms with Crippen LogP contribution in [0, 0.1) is 5.82 Å². The van der Waals surface area contributed by atoms with Crippen molar-refractivity contribution in [1.82, 2.24) is 14.7 Å². The highest BCUT2D eigenvalue weighted by Crippen LogP contribution is 2.22. The Labute approximate surface area is 196 Å². The van der Waals surface area contributed by atoms with Gasteiger partial charge in [-0.05, 0) is 36.8 Å². The van der Waals surface area contributed by atoms with Crippen molar-refractivity contribution in [3.05, 3.63) is 76.7 Å². The highest BCUT2D eigenvalue weighted by atomic mass is 35.5. The average molecular weight is 470 g/mol. The Morgan fingerprint density at radius 1 is 1.09 bits per heavy atom. The Bertz CT molecular complexity index is 1160. The normalized spacial score (nSPS) is 14.3. The number of nitrogens with one attached hydrogen (secondary N) is 1. The number of aromatic nitrogens is 2. The van der Waals surface area contributed by atoms with Crippen molar-refractivity contribution in [3.63, 3.8) is 0 Å². The fourth-order valence-electron chi connectivity index (χ4n) is 3.87. The Kier molecular flexibility index (Phi) is 7.05. The summed E-state index contributed by atoms with van der Waals surface area (Å²) in [7, 11) is 0. The molecule has 7 nitrogen and oxygen atoms in total. The van der Waals surface area contributed by atoms with E-state index < -0.39 is 5.82 Å². The van der Waals surface area contributed by atoms with E-state index in [1.807, 2.05) is 34.1 Å². The first-order valence-corrected chi connectivity index (χ1v) is 11.1. The zero-order valence-electron chi connectivity index (χ0n) is 18.3. The summed E-state index contributed by atoms with van der Waals surface area (Å²) in [6.07, 6.45) is 1.64. The number of benzene rings is 2. The number of ketones is 1. The van der Waals surface area contributed by atoms with Crippen molar-refractivity contribution in [2.45, 2.75) is 13.5 Å². The molecule has 1 aromatic heterocycles. The molecule has 4 rings (SSSR count). The van der Waals surface area contributed by atoms with Crippen LogP contribution in [0.15, 0.2) is 54.7 Å². The van der Waals surface area contributed by atoms with Gasteiger partial charge in [0.05, 0.1) is 25.0 Å². The number of amides is 1. The Hall–Kier alpha value is -3.23. The third-order valence-corrected chi connectivity index (χ3v) is 6.07. The molecular weight excluding hydrogens is 445 g/mol. The molecule has 2 heterocycles. The summed E-state index contributed by atoms with van der Waals surface area (Å²) >= 11 is 6.24. The molecule has 1 fully saturated rings. The van der Waals surface area contributed by atoms with Gasteiger partial charge in [-0.25, -0.2) is 9.07 Å². The minimum atomic E-state index is -0.402. The predicted octanol–water partition coefficient (Wildman–Crippen LogP) is 3.69. The number of anilines is 2. The molecule has 172 valence electrons. The van der Waals surface area contributed by atoms with Crippen molar-refractivity contribution in [3.8, 4) is 0 Å². The van der Waals surface area contributed by atoms with Gasteiger partial charge < -0.3 is 10.2 Å². The van der Waals surface area contributed by atoms with E-state index in [1.165, 1.54) is 13.0 Å². The van der Waals surface area contributed by atoms with E-state index in [0.29, 0.717) is 54.8 Å². The van der Waals surface area contributed by atoms with Gasteiger partial charge in [-0.1, -0.05) is 29.8 Å². The number of Topliss-reactive ketones (excluding diaryl/α,β-unsaturated/α-hetero) is 1. The molecule has 1 N–H and O–H groups in total. The van der Waals surface area contributed by atoms with Gasteiger partial charge in [0.2, 0.25) is 5.91 Å². The zero-order chi connectivity index (χ0) is 23.4. The first-order valence-electron chi connectivity index (χ1n) is 10.7. The second-order valence-electron chi connectivity index (χ2n) is 8.00. The number of hydrogen-bond acceptors (Lipinski definition) is 5. The largest absolute Gasteiger partial charge is 0.367 e. The van der Waals surface area contributed by atoms with Crippen LogP contribution < -0.4 is 10.2 Å². The Morgan fingerprint density at radius 3 is 2.55 bits per heavy atom. The fraction of sp³-hybridized carbons (Fsp3) is 0.292. The number of halogens is 2. The standard InChI is InChI=1S/C24H25ClFN5O2/c1-17(32)18-6-7-22(21(26)14-18)30-12-10-29(11-13-30)16-24(33)28-23-8-9-27-31(23)15-19-4-2-3-5-20(19)25/h2-9,14H,10-13,15-16H2,1H3,(H,28,33). The number of hydrogen-bond donors (Lipinski definition) is 1. The molecule has 0 spiro atoms. The number of nitrogens with zero attached hydrogens (tertiary/aromatic N) is 4. The topological polar surface area (TPSA) is 70.5 Å². The van der Waals surface area contributed by atoms with Gasteiger partial charge in [0, 0.05) is 42.8 Å². The van der Waals surface area contributed by atoms with Crippen LogP contribution in [-0.4, -0.2) is 59.1 Å². The van der Waals surface area contributed by atoms with Gasteiger partial charge in [0.25, 0.3) is 0 Å². The lowest BCUT2D eigenvalue weighted by Crippen LogP contribution is -2.49. The fourth-order valence-corrected chi connectivity index (χ4v) is 4.06. The lowest BCUT2D eigenvalue weighted by molar-refractivity contribution is -0.117. The molecule has 1 amide bonds. The third-order valence-electron chi connectivity index (χ3n) is 5.70. The Balaban J connectivity index is 1.30. The second kappa shape index (κ2) is 10.1. The van der Waals surface area contributed by atoms with E-state index in [4.69, 9.17) is 11.6 Å². The predicted molar refractivity (Wildman–Crippen MR) is 126 cm³/mol. The van der Waals surface area contributed by atoms with Crippen molar-refractivity contribution in [2.75, 3.05) is 42.9 Å². The van der Waals surface area contributed by atoms with Gasteiger partial charge >= 0.3 is 0 Å². The molecule has 0 bridgehead atoms. The van der Waals surface area contributed by atoms with Gasteiger partial charge in [0.1, 0.15) is 11.6 Å². The van der Waals surface area contributed by atoms with Gasteiger partial charge in [0.15, 0.2) is 5.78 Å². The molecule has 0 aliphatic carbocycles. The van der Waals surface area contributed by atoms with Crippen LogP contribution in [0.1, 0.15) is 22.8 Å². The van der Waals surface area contributed by atoms with Crippen LogP contribution in [0.2, 0.25) is 5.02 Å². The van der Waals surface area contributed by atoms with E-state index in [-0.39, 0.29) is 18.2 Å². The van der Waals surface area contributed by atoms with Gasteiger partial charge in [-0.3, -0.25) is 14.5 Å². The summed E-state index contributed by atoms with van der Waals surface area (Å²) in [5, 5.41) is 7.85. The van der Waals surface area contributed by atoms with Crippen LogP contribution in [-0.2, 0) is 11.3 Å². The second-order valence-corrected chi connectivity index (χ2v) is 8.41. The lowest BCUT2D eigenvalue weighted by atomic mass is 10.1. The minimum Gasteiger partial charge on any atom is -0.367 e. The molecule has 1 aliphatic rings. The highest BCUT2D eigenvalue weighted by molar-refractivity contribution is 6.31. The van der Waals surface area contributed by atoms with Crippen molar-refractivity contribution >= 4 is 34.8 Å². The molecule has 33 heavy (non-hydrogen) atoms. The maximum absolute atomic E-state index is 14.4. The minimum absolute atomic E-state index is 0.138. The Morgan fingerprint density at radius 2 is 1.85 bits per heavy atom. The third kappa shape index (κ3) is 5.58. The monoisotopic (exact) mass is 469 g/mol. The summed E-state index contributed by atoms with van der Waals surface area (Å²) in [5.41, 5.74) is 1.76. The molecule has 9 heteroatoms. The van der Waals surface area contributed by atoms with E-state index in [1.54, 1.807) is 29.1 Å². The van der Waals surface area contributed by atoms with Crippen molar-refractivity contribution < 1.29 is 14.0 Å². The number of carbonyl (C=O) groups is 2. The molecule has 3 aromatic rings. The van der Waals surface area contributed by atoms with Crippen LogP contribution >= 0.6 is 11.6 Å². The smallest absolute Gasteiger partial charge is 0.239 e. The van der Waals surface area contributed by atoms with Crippen LogP contribution in [0.25, 0.3) is 0 Å². The van der Waals surface area contributed by atoms with Gasteiger partial charge in [-0.2, -0.15) is 5.10 Å². The molecule has 0 atom stereocenters. The summed E-state index contributed by atoms with van der Waals surface area (Å²) in [5.74, 6) is -0.0993. The molecular formula is C24H25ClFN5O2. The first-order chi connectivity index (χ1) is 15.9. The lowest BCUT2D eigenvalue weighted by Gasteiger charge is -2.35. The zero-order valence-corrected chi connectivity index (χ0v) is 19.1. The maximum atomic E-state index is 14.4. The van der Waals surface area contributed by atoms with Crippen molar-refractivity contribution in [2.24, 2.45) is 0 Å². The van der Waals surface area contributed by atoms with E-state index in [2.05, 4.69) is 10.4 Å². The molecule has 0 saturated carbocycles. The van der Waals surface area contributed by atoms with E-state index in [9.17, 15) is 14.0 Å². The summed E-state index contributed by atoms with van der Waals surface area (Å²) in [6.45, 7) is 4.54. The quantitative estimate of drug-likeness (QED) is 0.534. The van der Waals surface area contributed by atoms with Crippen LogP contribution in [0.3, 0.4) is 0 Å².